The van der Waals surface area contributed by atoms with Crippen molar-refractivity contribution in [3.63, 3.8) is 0 Å². The minimum absolute atomic E-state index is 0.111. The van der Waals surface area contributed by atoms with E-state index in [-0.39, 0.29) is 23.6 Å². The molecule has 0 spiro atoms. The molecule has 1 aliphatic heterocycles. The highest BCUT2D eigenvalue weighted by Gasteiger charge is 2.31. The van der Waals surface area contributed by atoms with Gasteiger partial charge in [0.2, 0.25) is 0 Å². The van der Waals surface area contributed by atoms with Crippen LogP contribution in [0.1, 0.15) is 23.2 Å². The quantitative estimate of drug-likeness (QED) is 0.683. The Morgan fingerprint density at radius 2 is 1.71 bits per heavy atom. The number of nitrogens with one attached hydrogen (secondary N) is 1. The van der Waals surface area contributed by atoms with Crippen LogP contribution in [0.2, 0.25) is 0 Å². The van der Waals surface area contributed by atoms with E-state index in [4.69, 9.17) is 17.0 Å². The number of ether oxygens (including phenoxy) is 1. The summed E-state index contributed by atoms with van der Waals surface area (Å²) in [7, 11) is 0. The van der Waals surface area contributed by atoms with Crippen molar-refractivity contribution in [2.75, 3.05) is 38.1 Å². The summed E-state index contributed by atoms with van der Waals surface area (Å²) in [5, 5.41) is 3.67. The molecule has 0 radical (unpaired) electrons. The Morgan fingerprint density at radius 3 is 2.35 bits per heavy atom. The Kier molecular flexibility index (Phi) is 6.77. The largest absolute Gasteiger partial charge is 0.373 e. The van der Waals surface area contributed by atoms with Crippen molar-refractivity contribution in [3.05, 3.63) is 65.7 Å². The summed E-state index contributed by atoms with van der Waals surface area (Å²) in [5.74, 6) is -0.256. The molecule has 31 heavy (non-hydrogen) atoms. The van der Waals surface area contributed by atoms with Crippen LogP contribution in [0.25, 0.3) is 0 Å². The van der Waals surface area contributed by atoms with E-state index in [0.29, 0.717) is 49.4 Å². The van der Waals surface area contributed by atoms with Crippen molar-refractivity contribution in [3.8, 4) is 0 Å². The van der Waals surface area contributed by atoms with Crippen LogP contribution in [0, 0.1) is 17.6 Å². The van der Waals surface area contributed by atoms with Crippen molar-refractivity contribution >= 4 is 28.9 Å². The molecule has 1 aliphatic carbocycles. The predicted octanol–water partition coefficient (Wildman–Crippen LogP) is 3.91. The molecule has 2 aliphatic rings. The average molecular weight is 446 g/mol. The van der Waals surface area contributed by atoms with Crippen LogP contribution in [0.4, 0.5) is 14.5 Å². The maximum Gasteiger partial charge on any atom is 0.253 e. The lowest BCUT2D eigenvalue weighted by Gasteiger charge is -2.37. The first-order chi connectivity index (χ1) is 15.0. The molecule has 1 amide bonds. The lowest BCUT2D eigenvalue weighted by molar-refractivity contribution is -0.0209. The maximum absolute atomic E-state index is 13.3. The van der Waals surface area contributed by atoms with Gasteiger partial charge in [-0.3, -0.25) is 4.79 Å². The number of rotatable bonds is 6. The van der Waals surface area contributed by atoms with Crippen molar-refractivity contribution in [2.24, 2.45) is 5.92 Å². The van der Waals surface area contributed by atoms with E-state index in [1.165, 1.54) is 36.4 Å². The van der Waals surface area contributed by atoms with Crippen LogP contribution in [0.5, 0.6) is 0 Å². The molecule has 5 nitrogen and oxygen atoms in total. The first-order valence-electron chi connectivity index (χ1n) is 10.5. The third-order valence-corrected chi connectivity index (χ3v) is 5.86. The van der Waals surface area contributed by atoms with Gasteiger partial charge in [0.25, 0.3) is 5.91 Å². The number of hydrogen-bond acceptors (Lipinski definition) is 3. The van der Waals surface area contributed by atoms with Gasteiger partial charge in [-0.1, -0.05) is 0 Å². The summed E-state index contributed by atoms with van der Waals surface area (Å²) in [4.78, 5) is 16.9. The smallest absolute Gasteiger partial charge is 0.253 e. The van der Waals surface area contributed by atoms with Crippen LogP contribution in [0.15, 0.2) is 48.5 Å². The lowest BCUT2D eigenvalue weighted by atomic mass is 10.1. The Bertz CT molecular complexity index is 919. The molecule has 1 saturated heterocycles. The summed E-state index contributed by atoms with van der Waals surface area (Å²) >= 11 is 5.53. The molecular weight excluding hydrogens is 420 g/mol. The first kappa shape index (κ1) is 21.6. The number of morpholine rings is 1. The summed E-state index contributed by atoms with van der Waals surface area (Å²) in [6.07, 6.45) is 2.05. The third-order valence-electron chi connectivity index (χ3n) is 5.50. The van der Waals surface area contributed by atoms with E-state index in [0.717, 1.165) is 18.5 Å². The average Bonchev–Trinajstić information content (AvgIpc) is 3.59. The van der Waals surface area contributed by atoms with Crippen LogP contribution in [-0.4, -0.2) is 59.7 Å². The van der Waals surface area contributed by atoms with E-state index >= 15 is 0 Å². The molecular formula is C23H25F2N3O2S. The normalized spacial score (nSPS) is 18.5. The monoisotopic (exact) mass is 445 g/mol. The number of anilines is 1. The van der Waals surface area contributed by atoms with Gasteiger partial charge in [-0.05, 0) is 79.5 Å². The SMILES string of the molecule is O=C(c1ccc(F)cc1)N(CC1CC1)C[C@H]1CN(C(=S)Nc2ccc(F)cc2)CCO1. The Labute approximate surface area is 186 Å². The molecule has 0 aromatic heterocycles. The van der Waals surface area contributed by atoms with Crippen LogP contribution in [-0.2, 0) is 4.74 Å². The van der Waals surface area contributed by atoms with Crippen LogP contribution >= 0.6 is 12.2 Å². The fourth-order valence-corrected chi connectivity index (χ4v) is 3.91. The molecule has 0 bridgehead atoms. The van der Waals surface area contributed by atoms with E-state index in [1.54, 1.807) is 12.1 Å². The standard InChI is InChI=1S/C23H25F2N3O2S/c24-18-5-3-17(4-6-18)22(29)28(13-16-1-2-16)15-21-14-27(11-12-30-21)23(31)26-20-9-7-19(25)8-10-20/h3-10,16,21H,1-2,11-15H2,(H,26,31)/t21-/m1/s1. The van der Waals surface area contributed by atoms with Gasteiger partial charge in [0.05, 0.1) is 12.7 Å². The van der Waals surface area contributed by atoms with Crippen LogP contribution in [0.3, 0.4) is 0 Å². The number of halogens is 2. The van der Waals surface area contributed by atoms with Crippen molar-refractivity contribution in [1.82, 2.24) is 9.80 Å². The first-order valence-corrected chi connectivity index (χ1v) is 10.9. The number of thiocarbonyl (C=S) groups is 1. The zero-order chi connectivity index (χ0) is 21.8. The number of carbonyl (C=O) groups excluding carboxylic acids is 1. The Hall–Kier alpha value is -2.58. The molecule has 1 N–H and O–H groups in total. The highest BCUT2D eigenvalue weighted by atomic mass is 32.1. The highest BCUT2D eigenvalue weighted by molar-refractivity contribution is 7.80. The van der Waals surface area contributed by atoms with Crippen molar-refractivity contribution in [2.45, 2.75) is 18.9 Å². The Morgan fingerprint density at radius 1 is 1.06 bits per heavy atom. The number of carbonyl (C=O) groups is 1. The van der Waals surface area contributed by atoms with Crippen molar-refractivity contribution in [1.29, 1.82) is 0 Å². The summed E-state index contributed by atoms with van der Waals surface area (Å²) in [6.45, 7) is 2.80. The number of benzene rings is 2. The van der Waals surface area contributed by atoms with E-state index in [1.807, 2.05) is 9.80 Å². The zero-order valence-electron chi connectivity index (χ0n) is 17.1. The minimum Gasteiger partial charge on any atom is -0.373 e. The molecule has 2 fully saturated rings. The van der Waals surface area contributed by atoms with E-state index in [9.17, 15) is 13.6 Å². The summed E-state index contributed by atoms with van der Waals surface area (Å²) in [6, 6.07) is 11.7. The number of nitrogens with zero attached hydrogens (tertiary/aromatic N) is 2. The van der Waals surface area contributed by atoms with Crippen molar-refractivity contribution < 1.29 is 18.3 Å². The van der Waals surface area contributed by atoms with Gasteiger partial charge < -0.3 is 19.9 Å². The van der Waals surface area contributed by atoms with E-state index in [2.05, 4.69) is 5.32 Å². The molecule has 0 unspecified atom stereocenters. The molecule has 8 heteroatoms. The van der Waals surface area contributed by atoms with Gasteiger partial charge in [0.15, 0.2) is 5.11 Å². The predicted molar refractivity (Wildman–Crippen MR) is 119 cm³/mol. The van der Waals surface area contributed by atoms with Gasteiger partial charge in [-0.15, -0.1) is 0 Å². The summed E-state index contributed by atoms with van der Waals surface area (Å²) in [5.41, 5.74) is 1.19. The molecule has 2 aromatic rings. The maximum atomic E-state index is 13.3. The molecule has 1 atom stereocenters. The summed E-state index contributed by atoms with van der Waals surface area (Å²) < 4.78 is 32.3. The molecule has 2 aromatic carbocycles. The fourth-order valence-electron chi connectivity index (χ4n) is 3.62. The molecule has 1 heterocycles. The van der Waals surface area contributed by atoms with Gasteiger partial charge in [-0.2, -0.15) is 0 Å². The van der Waals surface area contributed by atoms with E-state index < -0.39 is 0 Å². The van der Waals surface area contributed by atoms with Gasteiger partial charge in [-0.25, -0.2) is 8.78 Å². The molecule has 4 rings (SSSR count). The van der Waals surface area contributed by atoms with Gasteiger partial charge in [0, 0.05) is 37.4 Å². The second kappa shape index (κ2) is 9.70. The second-order valence-corrected chi connectivity index (χ2v) is 8.42. The van der Waals surface area contributed by atoms with Crippen LogP contribution < -0.4 is 5.32 Å². The fraction of sp³-hybridized carbons (Fsp3) is 0.391. The lowest BCUT2D eigenvalue weighted by Crippen LogP contribution is -2.51. The highest BCUT2D eigenvalue weighted by Crippen LogP contribution is 2.30. The Balaban J connectivity index is 1.38. The second-order valence-electron chi connectivity index (χ2n) is 8.04. The molecule has 1 saturated carbocycles. The number of hydrogen-bond donors (Lipinski definition) is 1. The molecule has 164 valence electrons. The van der Waals surface area contributed by atoms with Gasteiger partial charge >= 0.3 is 0 Å². The third kappa shape index (κ3) is 5.98. The zero-order valence-corrected chi connectivity index (χ0v) is 17.9. The minimum atomic E-state index is -0.362. The number of amides is 1. The topological polar surface area (TPSA) is 44.8 Å². The van der Waals surface area contributed by atoms with Gasteiger partial charge in [0.1, 0.15) is 11.6 Å².